The Balaban J connectivity index is 2.16. The van der Waals surface area contributed by atoms with Gasteiger partial charge in [0.2, 0.25) is 5.69 Å². The summed E-state index contributed by atoms with van der Waals surface area (Å²) < 4.78 is 8.24. The summed E-state index contributed by atoms with van der Waals surface area (Å²) in [6.45, 7) is 4.15. The fourth-order valence-corrected chi connectivity index (χ4v) is 2.27. The molecule has 0 radical (unpaired) electrons. The fourth-order valence-electron chi connectivity index (χ4n) is 2.27. The van der Waals surface area contributed by atoms with Gasteiger partial charge in [-0.05, 0) is 12.1 Å². The molecule has 2 aromatic carbocycles. The molecule has 1 heterocycles. The van der Waals surface area contributed by atoms with Gasteiger partial charge in [0.05, 0.1) is 5.56 Å². The monoisotopic (exact) mass is 238 g/mol. The van der Waals surface area contributed by atoms with Crippen LogP contribution in [0.1, 0.15) is 19.4 Å². The highest BCUT2D eigenvalue weighted by atomic mass is 16.5. The highest BCUT2D eigenvalue weighted by Gasteiger charge is 2.38. The third kappa shape index (κ3) is 1.80. The van der Waals surface area contributed by atoms with E-state index in [1.807, 2.05) is 36.4 Å². The minimum Gasteiger partial charge on any atom is -0.431 e. The zero-order valence-electron chi connectivity index (χ0n) is 10.6. The molecule has 3 rings (SSSR count). The number of hydrogen-bond acceptors (Lipinski definition) is 1. The summed E-state index contributed by atoms with van der Waals surface area (Å²) in [5.74, 6) is 0.940. The van der Waals surface area contributed by atoms with Gasteiger partial charge in [-0.2, -0.15) is 4.58 Å². The molecule has 0 spiro atoms. The Morgan fingerprint density at radius 2 is 1.56 bits per heavy atom. The Morgan fingerprint density at radius 3 is 2.33 bits per heavy atom. The minimum absolute atomic E-state index is 0.379. The molecule has 0 fully saturated rings. The van der Waals surface area contributed by atoms with Gasteiger partial charge < -0.3 is 4.74 Å². The molecule has 90 valence electrons. The van der Waals surface area contributed by atoms with Crippen LogP contribution in [0.25, 0.3) is 0 Å². The van der Waals surface area contributed by atoms with Gasteiger partial charge in [-0.15, -0.1) is 0 Å². The lowest BCUT2D eigenvalue weighted by Crippen LogP contribution is -2.42. The van der Waals surface area contributed by atoms with E-state index in [-0.39, 0.29) is 5.72 Å². The zero-order valence-corrected chi connectivity index (χ0v) is 10.6. The maximum atomic E-state index is 6.08. The quantitative estimate of drug-likeness (QED) is 0.692. The second kappa shape index (κ2) is 3.98. The van der Waals surface area contributed by atoms with Crippen LogP contribution in [0, 0.1) is 0 Å². The van der Waals surface area contributed by atoms with Crippen LogP contribution >= 0.6 is 0 Å². The first-order valence-electron chi connectivity index (χ1n) is 6.14. The van der Waals surface area contributed by atoms with Gasteiger partial charge in [0.15, 0.2) is 6.21 Å². The van der Waals surface area contributed by atoms with Gasteiger partial charge in [0.25, 0.3) is 0 Å². The highest BCUT2D eigenvalue weighted by Crippen LogP contribution is 2.31. The first kappa shape index (κ1) is 11.0. The van der Waals surface area contributed by atoms with E-state index in [0.29, 0.717) is 0 Å². The van der Waals surface area contributed by atoms with Crippen molar-refractivity contribution in [3.8, 4) is 5.75 Å². The fraction of sp³-hybridized carbons (Fsp3) is 0.188. The summed E-state index contributed by atoms with van der Waals surface area (Å²) in [7, 11) is 0. The molecule has 0 aliphatic carbocycles. The number of fused-ring (bicyclic) bond motifs is 1. The topological polar surface area (TPSA) is 12.2 Å². The second-order valence-corrected chi connectivity index (χ2v) is 4.92. The summed E-state index contributed by atoms with van der Waals surface area (Å²) in [6.07, 6.45) is 2.15. The molecule has 2 nitrogen and oxygen atoms in total. The Morgan fingerprint density at radius 1 is 0.889 bits per heavy atom. The predicted molar refractivity (Wildman–Crippen MR) is 72.7 cm³/mol. The van der Waals surface area contributed by atoms with Crippen molar-refractivity contribution in [2.24, 2.45) is 0 Å². The number of hydrogen-bond donors (Lipinski definition) is 0. The van der Waals surface area contributed by atoms with Crippen LogP contribution in [0.4, 0.5) is 5.69 Å². The van der Waals surface area contributed by atoms with E-state index in [9.17, 15) is 0 Å². The normalized spacial score (nSPS) is 16.4. The zero-order chi connectivity index (χ0) is 12.6. The smallest absolute Gasteiger partial charge is 0.305 e. The molecule has 0 atom stereocenters. The Hall–Kier alpha value is -2.09. The molecule has 0 saturated heterocycles. The molecule has 0 amide bonds. The average Bonchev–Trinajstić information content (AvgIpc) is 2.38. The van der Waals surface area contributed by atoms with Gasteiger partial charge in [-0.25, -0.2) is 0 Å². The van der Waals surface area contributed by atoms with Crippen LogP contribution in [0.5, 0.6) is 5.75 Å². The van der Waals surface area contributed by atoms with E-state index in [1.165, 1.54) is 0 Å². The van der Waals surface area contributed by atoms with E-state index in [1.54, 1.807) is 0 Å². The second-order valence-electron chi connectivity index (χ2n) is 4.92. The largest absolute Gasteiger partial charge is 0.431 e. The number of rotatable bonds is 1. The number of para-hydroxylation sites is 2. The van der Waals surface area contributed by atoms with Gasteiger partial charge in [0, 0.05) is 26.0 Å². The van der Waals surface area contributed by atoms with Crippen molar-refractivity contribution in [3.05, 3.63) is 60.2 Å². The van der Waals surface area contributed by atoms with Crippen molar-refractivity contribution in [2.45, 2.75) is 19.6 Å². The van der Waals surface area contributed by atoms with Crippen molar-refractivity contribution in [3.63, 3.8) is 0 Å². The highest BCUT2D eigenvalue weighted by molar-refractivity contribution is 5.81. The van der Waals surface area contributed by atoms with E-state index in [4.69, 9.17) is 4.74 Å². The van der Waals surface area contributed by atoms with Crippen molar-refractivity contribution in [1.82, 2.24) is 0 Å². The molecule has 2 heteroatoms. The number of benzene rings is 2. The molecule has 0 bridgehead atoms. The van der Waals surface area contributed by atoms with E-state index < -0.39 is 0 Å². The molecule has 0 aromatic heterocycles. The predicted octanol–water partition coefficient (Wildman–Crippen LogP) is 3.58. The summed E-state index contributed by atoms with van der Waals surface area (Å²) in [6, 6.07) is 18.4. The first-order chi connectivity index (χ1) is 8.67. The summed E-state index contributed by atoms with van der Waals surface area (Å²) in [5, 5.41) is 0. The number of ether oxygens (including phenoxy) is 1. The van der Waals surface area contributed by atoms with E-state index >= 15 is 0 Å². The van der Waals surface area contributed by atoms with Crippen molar-refractivity contribution >= 4 is 11.9 Å². The Labute approximate surface area is 107 Å². The first-order valence-corrected chi connectivity index (χ1v) is 6.14. The van der Waals surface area contributed by atoms with Crippen LogP contribution in [0.3, 0.4) is 0 Å². The summed E-state index contributed by atoms with van der Waals surface area (Å²) in [4.78, 5) is 0. The Kier molecular flexibility index (Phi) is 2.44. The van der Waals surface area contributed by atoms with Crippen LogP contribution in [0.15, 0.2) is 54.6 Å². The van der Waals surface area contributed by atoms with Crippen LogP contribution in [-0.4, -0.2) is 16.5 Å². The molecular formula is C16H16NO+. The third-order valence-corrected chi connectivity index (χ3v) is 3.16. The SMILES string of the molecule is CC1(C)Oc2ccccc2C=[N+]1c1ccccc1. The van der Waals surface area contributed by atoms with Gasteiger partial charge >= 0.3 is 5.72 Å². The van der Waals surface area contributed by atoms with Gasteiger partial charge in [-0.1, -0.05) is 30.3 Å². The van der Waals surface area contributed by atoms with Gasteiger partial charge in [0.1, 0.15) is 5.75 Å². The molecule has 1 aliphatic heterocycles. The molecule has 2 aromatic rings. The van der Waals surface area contributed by atoms with Crippen molar-refractivity contribution in [2.75, 3.05) is 0 Å². The lowest BCUT2D eigenvalue weighted by atomic mass is 10.1. The summed E-state index contributed by atoms with van der Waals surface area (Å²) in [5.41, 5.74) is 1.87. The third-order valence-electron chi connectivity index (χ3n) is 3.16. The van der Waals surface area contributed by atoms with Gasteiger partial charge in [-0.3, -0.25) is 0 Å². The van der Waals surface area contributed by atoms with Crippen molar-refractivity contribution in [1.29, 1.82) is 0 Å². The lowest BCUT2D eigenvalue weighted by Gasteiger charge is -2.27. The van der Waals surface area contributed by atoms with E-state index in [2.05, 4.69) is 42.8 Å². The molecule has 1 aliphatic rings. The van der Waals surface area contributed by atoms with Crippen LogP contribution < -0.4 is 4.74 Å². The van der Waals surface area contributed by atoms with Crippen LogP contribution in [-0.2, 0) is 0 Å². The van der Waals surface area contributed by atoms with Crippen molar-refractivity contribution < 1.29 is 9.31 Å². The molecule has 0 N–H and O–H groups in total. The van der Waals surface area contributed by atoms with E-state index in [0.717, 1.165) is 17.0 Å². The lowest BCUT2D eigenvalue weighted by molar-refractivity contribution is -0.572. The molecule has 0 unspecified atom stereocenters. The maximum absolute atomic E-state index is 6.08. The molecular weight excluding hydrogens is 222 g/mol. The molecule has 0 saturated carbocycles. The maximum Gasteiger partial charge on any atom is 0.305 e. The molecule has 18 heavy (non-hydrogen) atoms. The Bertz CT molecular complexity index is 600. The summed E-state index contributed by atoms with van der Waals surface area (Å²) >= 11 is 0. The average molecular weight is 238 g/mol. The van der Waals surface area contributed by atoms with Crippen LogP contribution in [0.2, 0.25) is 0 Å². The standard InChI is InChI=1S/C16H16NO/c1-16(2)17(14-9-4-3-5-10-14)12-13-8-6-7-11-15(13)18-16/h3-12H,1-2H3/q+1. The minimum atomic E-state index is -0.379. The number of nitrogens with zero attached hydrogens (tertiary/aromatic N) is 1.